The standard InChI is InChI=1S/C4H11N.C2H2O4/c1-3-5-4-2;3-1(4)2(5)6/h5H,3-4H2,1-2H3;(H,3,4)(H,5,6). The van der Waals surface area contributed by atoms with Crippen LogP contribution in [0.1, 0.15) is 13.8 Å². The van der Waals surface area contributed by atoms with Gasteiger partial charge in [-0.3, -0.25) is 0 Å². The summed E-state index contributed by atoms with van der Waals surface area (Å²) in [6, 6.07) is 0. The zero-order valence-corrected chi connectivity index (χ0v) is 6.66. The summed E-state index contributed by atoms with van der Waals surface area (Å²) < 4.78 is 0. The zero-order valence-electron chi connectivity index (χ0n) is 6.66. The normalized spacial score (nSPS) is 7.82. The van der Waals surface area contributed by atoms with Crippen molar-refractivity contribution in [2.45, 2.75) is 13.8 Å². The van der Waals surface area contributed by atoms with Crippen LogP contribution in [0.5, 0.6) is 0 Å². The van der Waals surface area contributed by atoms with E-state index in [9.17, 15) is 0 Å². The number of aliphatic carboxylic acids is 2. The predicted octanol–water partition coefficient (Wildman–Crippen LogP) is -2.59. The van der Waals surface area contributed by atoms with Crippen molar-refractivity contribution < 1.29 is 25.1 Å². The summed E-state index contributed by atoms with van der Waals surface area (Å²) >= 11 is 0. The molecule has 0 radical (unpaired) electrons. The second-order valence-electron chi connectivity index (χ2n) is 1.70. The molecule has 5 heteroatoms. The third kappa shape index (κ3) is 17.6. The molecule has 0 rings (SSSR count). The Morgan fingerprint density at radius 3 is 1.64 bits per heavy atom. The largest absolute Gasteiger partial charge is 0.539 e. The van der Waals surface area contributed by atoms with Gasteiger partial charge in [-0.15, -0.1) is 0 Å². The van der Waals surface area contributed by atoms with Crippen molar-refractivity contribution >= 4 is 11.9 Å². The Labute approximate surface area is 65.0 Å². The molecule has 0 unspecified atom stereocenters. The van der Waals surface area contributed by atoms with Gasteiger partial charge < -0.3 is 20.3 Å². The molecule has 0 aliphatic heterocycles. The molecule has 0 bridgehead atoms. The van der Waals surface area contributed by atoms with Gasteiger partial charge in [0.1, 0.15) is 0 Å². The van der Waals surface area contributed by atoms with Gasteiger partial charge in [0, 0.05) is 0 Å². The number of carbonyl (C=O) groups excluding carboxylic acids is 1. The van der Waals surface area contributed by atoms with Crippen molar-refractivity contribution in [3.05, 3.63) is 0 Å². The molecule has 5 nitrogen and oxygen atoms in total. The molecule has 11 heavy (non-hydrogen) atoms. The third-order valence-corrected chi connectivity index (χ3v) is 0.752. The third-order valence-electron chi connectivity index (χ3n) is 0.752. The van der Waals surface area contributed by atoms with Crippen LogP contribution >= 0.6 is 0 Å². The number of nitrogens with two attached hydrogens (primary N) is 1. The van der Waals surface area contributed by atoms with Gasteiger partial charge in [0.25, 0.3) is 0 Å². The van der Waals surface area contributed by atoms with Crippen LogP contribution in [0.15, 0.2) is 0 Å². The molecule has 0 spiro atoms. The molecule has 0 amide bonds. The number of rotatable bonds is 2. The highest BCUT2D eigenvalue weighted by Gasteiger charge is 1.90. The maximum absolute atomic E-state index is 9.04. The second-order valence-corrected chi connectivity index (χ2v) is 1.70. The lowest BCUT2D eigenvalue weighted by Gasteiger charge is -1.85. The second kappa shape index (κ2) is 8.90. The summed E-state index contributed by atoms with van der Waals surface area (Å²) in [6.45, 7) is 6.75. The van der Waals surface area contributed by atoms with Gasteiger partial charge in [-0.2, -0.15) is 0 Å². The molecule has 0 aromatic heterocycles. The Kier molecular flexibility index (Phi) is 10.2. The Morgan fingerprint density at radius 2 is 1.64 bits per heavy atom. The number of carboxylic acid groups (broad SMARTS) is 2. The lowest BCUT2D eigenvalue weighted by Crippen LogP contribution is -2.82. The highest BCUT2D eigenvalue weighted by Crippen LogP contribution is 1.49. The molecule has 0 saturated carbocycles. The smallest absolute Gasteiger partial charge is 0.351 e. The zero-order chi connectivity index (χ0) is 9.28. The van der Waals surface area contributed by atoms with E-state index >= 15 is 0 Å². The van der Waals surface area contributed by atoms with Crippen molar-refractivity contribution in [1.29, 1.82) is 0 Å². The summed E-state index contributed by atoms with van der Waals surface area (Å²) in [4.78, 5) is 18.0. The van der Waals surface area contributed by atoms with E-state index in [2.05, 4.69) is 19.2 Å². The minimum atomic E-state index is -2.07. The number of quaternary nitrogens is 1. The Bertz CT molecular complexity index is 110. The number of carbonyl (C=O) groups is 2. The maximum Gasteiger partial charge on any atom is 0.351 e. The molecular weight excluding hydrogens is 150 g/mol. The first kappa shape index (κ1) is 12.6. The van der Waals surface area contributed by atoms with Crippen LogP contribution in [-0.4, -0.2) is 30.1 Å². The Morgan fingerprint density at radius 1 is 1.36 bits per heavy atom. The monoisotopic (exact) mass is 163 g/mol. The van der Waals surface area contributed by atoms with Crippen molar-refractivity contribution in [2.75, 3.05) is 13.1 Å². The Hall–Kier alpha value is -1.10. The van der Waals surface area contributed by atoms with Crippen LogP contribution in [-0.2, 0) is 9.59 Å². The summed E-state index contributed by atoms with van der Waals surface area (Å²) in [7, 11) is 0. The van der Waals surface area contributed by atoms with Gasteiger partial charge in [0.15, 0.2) is 5.97 Å². The van der Waals surface area contributed by atoms with Gasteiger partial charge >= 0.3 is 5.97 Å². The van der Waals surface area contributed by atoms with Gasteiger partial charge in [-0.05, 0) is 13.8 Å². The highest BCUT2D eigenvalue weighted by atomic mass is 16.4. The van der Waals surface area contributed by atoms with Crippen LogP contribution in [0.2, 0.25) is 0 Å². The van der Waals surface area contributed by atoms with E-state index in [0.717, 1.165) is 0 Å². The topological polar surface area (TPSA) is 94.0 Å². The first-order valence-corrected chi connectivity index (χ1v) is 3.32. The molecule has 3 N–H and O–H groups in total. The van der Waals surface area contributed by atoms with E-state index in [1.165, 1.54) is 13.1 Å². The van der Waals surface area contributed by atoms with Gasteiger partial charge in [-0.25, -0.2) is 4.79 Å². The van der Waals surface area contributed by atoms with Gasteiger partial charge in [-0.1, -0.05) is 0 Å². The fourth-order valence-corrected chi connectivity index (χ4v) is 0.289. The minimum absolute atomic E-state index is 1.22. The predicted molar refractivity (Wildman–Crippen MR) is 35.7 cm³/mol. The van der Waals surface area contributed by atoms with E-state index in [1.54, 1.807) is 0 Å². The first-order chi connectivity index (χ1) is 5.06. The summed E-state index contributed by atoms with van der Waals surface area (Å²) in [5.74, 6) is -4.01. The van der Waals surface area contributed by atoms with Gasteiger partial charge in [0.2, 0.25) is 0 Å². The lowest BCUT2D eigenvalue weighted by molar-refractivity contribution is -0.648. The highest BCUT2D eigenvalue weighted by molar-refractivity contribution is 6.26. The maximum atomic E-state index is 9.04. The quantitative estimate of drug-likeness (QED) is 0.437. The fraction of sp³-hybridized carbons (Fsp3) is 0.667. The average molecular weight is 163 g/mol. The van der Waals surface area contributed by atoms with Crippen molar-refractivity contribution in [3.8, 4) is 0 Å². The van der Waals surface area contributed by atoms with E-state index in [4.69, 9.17) is 19.8 Å². The molecular formula is C6H13NO4. The van der Waals surface area contributed by atoms with Crippen LogP contribution in [0.4, 0.5) is 0 Å². The first-order valence-electron chi connectivity index (χ1n) is 3.32. The molecule has 0 aliphatic rings. The van der Waals surface area contributed by atoms with E-state index < -0.39 is 11.9 Å². The van der Waals surface area contributed by atoms with E-state index in [0.29, 0.717) is 0 Å². The van der Waals surface area contributed by atoms with Crippen LogP contribution in [0.25, 0.3) is 0 Å². The van der Waals surface area contributed by atoms with Crippen LogP contribution in [0.3, 0.4) is 0 Å². The molecule has 66 valence electrons. The van der Waals surface area contributed by atoms with Gasteiger partial charge in [0.05, 0.1) is 13.1 Å². The SMILES string of the molecule is CC[NH2+]CC.O=C([O-])C(=O)O. The Balaban J connectivity index is 0. The molecule has 0 aromatic carbocycles. The molecule has 0 fully saturated rings. The molecule has 0 saturated heterocycles. The van der Waals surface area contributed by atoms with Crippen molar-refractivity contribution in [1.82, 2.24) is 0 Å². The minimum Gasteiger partial charge on any atom is -0.539 e. The molecule has 0 aromatic rings. The van der Waals surface area contributed by atoms with Crippen molar-refractivity contribution in [2.24, 2.45) is 0 Å². The van der Waals surface area contributed by atoms with Crippen molar-refractivity contribution in [3.63, 3.8) is 0 Å². The summed E-state index contributed by atoms with van der Waals surface area (Å²) in [5, 5.41) is 18.6. The number of hydrogen-bond donors (Lipinski definition) is 2. The van der Waals surface area contributed by atoms with E-state index in [-0.39, 0.29) is 0 Å². The molecule has 0 atom stereocenters. The molecule has 0 heterocycles. The fourth-order valence-electron chi connectivity index (χ4n) is 0.289. The van der Waals surface area contributed by atoms with Crippen LogP contribution < -0.4 is 10.4 Å². The van der Waals surface area contributed by atoms with Crippen LogP contribution in [0, 0.1) is 0 Å². The average Bonchev–Trinajstić information content (AvgIpc) is 1.90. The summed E-state index contributed by atoms with van der Waals surface area (Å²) in [5.41, 5.74) is 0. The summed E-state index contributed by atoms with van der Waals surface area (Å²) in [6.07, 6.45) is 0. The lowest BCUT2D eigenvalue weighted by atomic mass is 10.7. The number of hydrogen-bond acceptors (Lipinski definition) is 3. The van der Waals surface area contributed by atoms with E-state index in [1.807, 2.05) is 0 Å². The molecule has 0 aliphatic carbocycles. The number of carboxylic acids is 2.